The number of rotatable bonds is 3. The Kier molecular flexibility index (Phi) is 3.88. The molecule has 0 aliphatic carbocycles. The molecule has 5 nitrogen and oxygen atoms in total. The molecule has 1 aliphatic heterocycles. The number of thioether (sulfide) groups is 1. The molecule has 0 unspecified atom stereocenters. The number of H-pyrrole nitrogens is 1. The number of hydrogen-bond acceptors (Lipinski definition) is 5. The van der Waals surface area contributed by atoms with Crippen LogP contribution < -0.4 is 5.32 Å². The number of aryl methyl sites for hydroxylation is 1. The van der Waals surface area contributed by atoms with Crippen molar-refractivity contribution in [1.82, 2.24) is 15.2 Å². The van der Waals surface area contributed by atoms with Crippen LogP contribution in [0.1, 0.15) is 15.7 Å². The Morgan fingerprint density at radius 3 is 3.04 bits per heavy atom. The Morgan fingerprint density at radius 1 is 1.30 bits per heavy atom. The van der Waals surface area contributed by atoms with Gasteiger partial charge in [-0.3, -0.25) is 14.9 Å². The van der Waals surface area contributed by atoms with E-state index in [0.29, 0.717) is 5.82 Å². The number of anilines is 1. The third kappa shape index (κ3) is 2.89. The van der Waals surface area contributed by atoms with Crippen molar-refractivity contribution >= 4 is 34.8 Å². The van der Waals surface area contributed by atoms with Crippen LogP contribution in [0, 0.1) is 0 Å². The van der Waals surface area contributed by atoms with Gasteiger partial charge in [-0.05, 0) is 41.3 Å². The summed E-state index contributed by atoms with van der Waals surface area (Å²) in [5.74, 6) is 1.51. The molecule has 1 amide bonds. The monoisotopic (exact) mass is 342 g/mol. The van der Waals surface area contributed by atoms with Crippen molar-refractivity contribution in [3.05, 3.63) is 52.5 Å². The number of amides is 1. The summed E-state index contributed by atoms with van der Waals surface area (Å²) in [6, 6.07) is 7.69. The molecule has 0 aromatic carbocycles. The molecule has 0 bridgehead atoms. The molecule has 116 valence electrons. The zero-order valence-electron chi connectivity index (χ0n) is 12.2. The minimum Gasteiger partial charge on any atom is -0.308 e. The van der Waals surface area contributed by atoms with Crippen LogP contribution in [-0.4, -0.2) is 26.8 Å². The average Bonchev–Trinajstić information content (AvgIpc) is 3.24. The predicted octanol–water partition coefficient (Wildman–Crippen LogP) is 3.50. The van der Waals surface area contributed by atoms with E-state index in [0.717, 1.165) is 29.0 Å². The largest absolute Gasteiger partial charge is 0.308 e. The molecular formula is C16H14N4OS2. The van der Waals surface area contributed by atoms with Crippen LogP contribution in [0.25, 0.3) is 11.3 Å². The van der Waals surface area contributed by atoms with Crippen LogP contribution in [0.2, 0.25) is 0 Å². The van der Waals surface area contributed by atoms with Gasteiger partial charge in [0.25, 0.3) is 0 Å². The van der Waals surface area contributed by atoms with Crippen LogP contribution >= 0.6 is 23.1 Å². The summed E-state index contributed by atoms with van der Waals surface area (Å²) in [6.07, 6.45) is 4.51. The van der Waals surface area contributed by atoms with Gasteiger partial charge in [-0.1, -0.05) is 0 Å². The number of carbonyl (C=O) groups is 1. The highest BCUT2D eigenvalue weighted by Gasteiger charge is 2.28. The molecule has 0 saturated heterocycles. The predicted molar refractivity (Wildman–Crippen MR) is 93.7 cm³/mol. The molecule has 23 heavy (non-hydrogen) atoms. The lowest BCUT2D eigenvalue weighted by Gasteiger charge is -2.20. The van der Waals surface area contributed by atoms with Crippen LogP contribution in [0.3, 0.4) is 0 Å². The summed E-state index contributed by atoms with van der Waals surface area (Å²) in [4.78, 5) is 17.9. The number of nitrogens with one attached hydrogen (secondary N) is 2. The number of pyridine rings is 1. The van der Waals surface area contributed by atoms with E-state index in [9.17, 15) is 4.79 Å². The van der Waals surface area contributed by atoms with E-state index in [-0.39, 0.29) is 11.2 Å². The first kappa shape index (κ1) is 14.5. The minimum absolute atomic E-state index is 0.0119. The maximum atomic E-state index is 12.6. The Morgan fingerprint density at radius 2 is 2.17 bits per heavy atom. The molecule has 0 fully saturated rings. The standard InChI is InChI=1S/C16H14N4OS2/c21-16(15-11-3-7-22-13(11)4-8-23-15)18-14-9-12(19-20-14)10-1-5-17-6-2-10/h1-3,5-7,9,15H,4,8H2,(H2,18,19,20,21)/t15-/m0/s1. The van der Waals surface area contributed by atoms with E-state index in [1.807, 2.05) is 18.2 Å². The summed E-state index contributed by atoms with van der Waals surface area (Å²) in [7, 11) is 0. The molecule has 4 heterocycles. The fourth-order valence-corrected chi connectivity index (χ4v) is 4.91. The first-order valence-electron chi connectivity index (χ1n) is 7.26. The van der Waals surface area contributed by atoms with Gasteiger partial charge in [0.05, 0.1) is 5.69 Å². The van der Waals surface area contributed by atoms with Gasteiger partial charge in [0.2, 0.25) is 5.91 Å². The van der Waals surface area contributed by atoms with Gasteiger partial charge < -0.3 is 5.32 Å². The highest BCUT2D eigenvalue weighted by Crippen LogP contribution is 2.39. The molecule has 1 aliphatic rings. The zero-order valence-corrected chi connectivity index (χ0v) is 13.8. The maximum Gasteiger partial charge on any atom is 0.243 e. The number of carbonyl (C=O) groups excluding carboxylic acids is 1. The Balaban J connectivity index is 1.51. The van der Waals surface area contributed by atoms with Crippen LogP contribution in [0.4, 0.5) is 5.82 Å². The molecule has 0 saturated carbocycles. The molecule has 0 radical (unpaired) electrons. The quantitative estimate of drug-likeness (QED) is 0.764. The molecule has 4 rings (SSSR count). The summed E-state index contributed by atoms with van der Waals surface area (Å²) in [6.45, 7) is 0. The highest BCUT2D eigenvalue weighted by atomic mass is 32.2. The van der Waals surface area contributed by atoms with Gasteiger partial charge in [0.15, 0.2) is 5.82 Å². The molecule has 0 spiro atoms. The second-order valence-corrected chi connectivity index (χ2v) is 7.41. The number of hydrogen-bond donors (Lipinski definition) is 2. The van der Waals surface area contributed by atoms with E-state index in [2.05, 4.69) is 31.9 Å². The van der Waals surface area contributed by atoms with Gasteiger partial charge in [0, 0.05) is 28.9 Å². The van der Waals surface area contributed by atoms with E-state index >= 15 is 0 Å². The normalized spacial score (nSPS) is 16.8. The zero-order chi connectivity index (χ0) is 15.6. The average molecular weight is 342 g/mol. The molecule has 3 aromatic heterocycles. The number of thiophene rings is 1. The van der Waals surface area contributed by atoms with Gasteiger partial charge in [-0.25, -0.2) is 0 Å². The van der Waals surface area contributed by atoms with E-state index in [4.69, 9.17) is 0 Å². The molecule has 1 atom stereocenters. The summed E-state index contributed by atoms with van der Waals surface area (Å²) in [5.41, 5.74) is 2.99. The van der Waals surface area contributed by atoms with Gasteiger partial charge in [-0.15, -0.1) is 23.1 Å². The topological polar surface area (TPSA) is 70.7 Å². The van der Waals surface area contributed by atoms with E-state index in [1.54, 1.807) is 35.5 Å². The van der Waals surface area contributed by atoms with Crippen molar-refractivity contribution in [2.75, 3.05) is 11.1 Å². The Labute approximate surface area is 141 Å². The third-order valence-electron chi connectivity index (χ3n) is 3.73. The Hall–Kier alpha value is -2.12. The Bertz CT molecular complexity index is 827. The number of fused-ring (bicyclic) bond motifs is 1. The van der Waals surface area contributed by atoms with E-state index < -0.39 is 0 Å². The SMILES string of the molecule is O=C(Nc1cc(-c2ccncc2)[nH]n1)[C@H]1SCCc2sccc21. The summed E-state index contributed by atoms with van der Waals surface area (Å²) < 4.78 is 0. The van der Waals surface area contributed by atoms with Gasteiger partial charge in [-0.2, -0.15) is 5.10 Å². The maximum absolute atomic E-state index is 12.6. The number of nitrogens with zero attached hydrogens (tertiary/aromatic N) is 2. The molecule has 3 aromatic rings. The molecule has 2 N–H and O–H groups in total. The van der Waals surface area contributed by atoms with Crippen molar-refractivity contribution in [3.63, 3.8) is 0 Å². The van der Waals surface area contributed by atoms with Crippen LogP contribution in [-0.2, 0) is 11.2 Å². The second-order valence-electron chi connectivity index (χ2n) is 5.19. The van der Waals surface area contributed by atoms with Crippen molar-refractivity contribution in [2.45, 2.75) is 11.7 Å². The van der Waals surface area contributed by atoms with Gasteiger partial charge >= 0.3 is 0 Å². The fourth-order valence-electron chi connectivity index (χ4n) is 2.62. The highest BCUT2D eigenvalue weighted by molar-refractivity contribution is 8.00. The lowest BCUT2D eigenvalue weighted by molar-refractivity contribution is -0.115. The van der Waals surface area contributed by atoms with Crippen molar-refractivity contribution in [2.24, 2.45) is 0 Å². The number of aromatic nitrogens is 3. The van der Waals surface area contributed by atoms with Gasteiger partial charge in [0.1, 0.15) is 5.25 Å². The lowest BCUT2D eigenvalue weighted by atomic mass is 10.1. The first-order chi connectivity index (χ1) is 11.3. The summed E-state index contributed by atoms with van der Waals surface area (Å²) >= 11 is 3.42. The molecular weight excluding hydrogens is 328 g/mol. The molecule has 7 heteroatoms. The van der Waals surface area contributed by atoms with E-state index in [1.165, 1.54) is 4.88 Å². The van der Waals surface area contributed by atoms with Crippen molar-refractivity contribution in [1.29, 1.82) is 0 Å². The van der Waals surface area contributed by atoms with Crippen molar-refractivity contribution in [3.8, 4) is 11.3 Å². The fraction of sp³-hybridized carbons (Fsp3) is 0.188. The third-order valence-corrected chi connectivity index (χ3v) is 5.97. The smallest absolute Gasteiger partial charge is 0.243 e. The first-order valence-corrected chi connectivity index (χ1v) is 9.18. The lowest BCUT2D eigenvalue weighted by Crippen LogP contribution is -2.22. The van der Waals surface area contributed by atoms with Crippen molar-refractivity contribution < 1.29 is 4.79 Å². The number of aromatic amines is 1. The second kappa shape index (κ2) is 6.17. The van der Waals surface area contributed by atoms with Crippen LogP contribution in [0.5, 0.6) is 0 Å². The summed E-state index contributed by atoms with van der Waals surface area (Å²) in [5, 5.41) is 12.0. The van der Waals surface area contributed by atoms with Crippen LogP contribution in [0.15, 0.2) is 42.0 Å². The minimum atomic E-state index is -0.147.